The van der Waals surface area contributed by atoms with E-state index in [0.29, 0.717) is 11.3 Å². The van der Waals surface area contributed by atoms with Crippen LogP contribution in [0.3, 0.4) is 0 Å². The summed E-state index contributed by atoms with van der Waals surface area (Å²) in [5, 5.41) is 5.90. The molecular formula is C17H14Cl2N4O2. The number of hydrogen-bond acceptors (Lipinski definition) is 3. The normalized spacial score (nSPS) is 16.6. The van der Waals surface area contributed by atoms with Crippen LogP contribution in [0.2, 0.25) is 10.0 Å². The second-order valence-electron chi connectivity index (χ2n) is 5.54. The van der Waals surface area contributed by atoms with E-state index in [0.717, 1.165) is 0 Å². The second-order valence-corrected chi connectivity index (χ2v) is 6.36. The summed E-state index contributed by atoms with van der Waals surface area (Å²) in [5.74, 6) is 3.61. The number of carbonyl (C=O) groups is 2. The molecule has 1 fully saturated rings. The van der Waals surface area contributed by atoms with Crippen molar-refractivity contribution >= 4 is 35.0 Å². The lowest BCUT2D eigenvalue weighted by Crippen LogP contribution is -2.35. The van der Waals surface area contributed by atoms with Crippen molar-refractivity contribution in [3.63, 3.8) is 0 Å². The Bertz CT molecular complexity index is 903. The number of aryl methyl sites for hydroxylation is 1. The summed E-state index contributed by atoms with van der Waals surface area (Å²) in [7, 11) is 1.77. The summed E-state index contributed by atoms with van der Waals surface area (Å²) in [6.45, 7) is 1.86. The molecule has 1 aliphatic rings. The molecule has 1 unspecified atom stereocenters. The lowest BCUT2D eigenvalue weighted by Gasteiger charge is -2.14. The monoisotopic (exact) mass is 376 g/mol. The molecule has 0 aliphatic carbocycles. The van der Waals surface area contributed by atoms with Gasteiger partial charge in [0.05, 0.1) is 12.2 Å². The lowest BCUT2D eigenvalue weighted by atomic mass is 9.97. The molecule has 2 aromatic rings. The number of nitrogens with one attached hydrogen (secondary N) is 1. The third kappa shape index (κ3) is 3.34. The van der Waals surface area contributed by atoms with Gasteiger partial charge in [0, 0.05) is 34.4 Å². The van der Waals surface area contributed by atoms with Crippen molar-refractivity contribution in [3.8, 4) is 11.8 Å². The molecule has 1 aliphatic heterocycles. The zero-order chi connectivity index (χ0) is 18.1. The van der Waals surface area contributed by atoms with Gasteiger partial charge in [0.1, 0.15) is 5.92 Å². The molecule has 1 aromatic carbocycles. The Kier molecular flexibility index (Phi) is 4.71. The molecule has 8 heteroatoms. The zero-order valence-electron chi connectivity index (χ0n) is 13.5. The number of aromatic nitrogens is 2. The molecule has 1 saturated heterocycles. The summed E-state index contributed by atoms with van der Waals surface area (Å²) in [6.07, 6.45) is 1.76. The predicted molar refractivity (Wildman–Crippen MR) is 93.7 cm³/mol. The highest BCUT2D eigenvalue weighted by atomic mass is 35.5. The van der Waals surface area contributed by atoms with Crippen molar-refractivity contribution in [2.45, 2.75) is 19.4 Å². The first-order valence-electron chi connectivity index (χ1n) is 7.42. The van der Waals surface area contributed by atoms with E-state index in [9.17, 15) is 9.59 Å². The Hall–Kier alpha value is -2.49. The first-order valence-corrected chi connectivity index (χ1v) is 8.18. The van der Waals surface area contributed by atoms with Crippen LogP contribution in [0.25, 0.3) is 0 Å². The van der Waals surface area contributed by atoms with Crippen LogP contribution < -0.4 is 5.43 Å². The highest BCUT2D eigenvalue weighted by Gasteiger charge is 2.42. The average molecular weight is 377 g/mol. The van der Waals surface area contributed by atoms with Gasteiger partial charge in [0.15, 0.2) is 0 Å². The van der Waals surface area contributed by atoms with Gasteiger partial charge in [-0.2, -0.15) is 5.10 Å². The third-order valence-corrected chi connectivity index (χ3v) is 4.37. The van der Waals surface area contributed by atoms with Gasteiger partial charge in [-0.3, -0.25) is 19.7 Å². The second kappa shape index (κ2) is 6.79. The standard InChI is InChI=1S/C17H14Cl2N4O2/c1-3-4-10-7-12(18)14(13(19)8-10)15-16(24)21-23(17(15)25)9-11-5-6-22(2)20-11/h5-8,15H,9H2,1-2H3,(H,21,24). The van der Waals surface area contributed by atoms with Gasteiger partial charge in [-0.05, 0) is 25.1 Å². The van der Waals surface area contributed by atoms with Crippen molar-refractivity contribution in [1.29, 1.82) is 0 Å². The smallest absolute Gasteiger partial charge is 0.258 e. The van der Waals surface area contributed by atoms with Crippen LogP contribution in [0.5, 0.6) is 0 Å². The van der Waals surface area contributed by atoms with Gasteiger partial charge < -0.3 is 0 Å². The van der Waals surface area contributed by atoms with Gasteiger partial charge in [-0.25, -0.2) is 5.01 Å². The SMILES string of the molecule is CC#Cc1cc(Cl)c(C2C(=O)NN(Cc3ccn(C)n3)C2=O)c(Cl)c1. The van der Waals surface area contributed by atoms with Crippen LogP contribution >= 0.6 is 23.2 Å². The summed E-state index contributed by atoms with van der Waals surface area (Å²) in [4.78, 5) is 25.1. The maximum atomic E-state index is 12.7. The number of benzene rings is 1. The number of nitrogens with zero attached hydrogens (tertiary/aromatic N) is 3. The molecule has 128 valence electrons. The molecule has 2 amide bonds. The molecule has 0 radical (unpaired) electrons. The predicted octanol–water partition coefficient (Wildman–Crippen LogP) is 2.26. The molecule has 0 bridgehead atoms. The molecule has 2 heterocycles. The van der Waals surface area contributed by atoms with Crippen LogP contribution in [-0.2, 0) is 23.2 Å². The van der Waals surface area contributed by atoms with Gasteiger partial charge in [-0.1, -0.05) is 29.1 Å². The van der Waals surface area contributed by atoms with Crippen molar-refractivity contribution in [1.82, 2.24) is 20.2 Å². The summed E-state index contributed by atoms with van der Waals surface area (Å²) in [6, 6.07) is 4.97. The van der Waals surface area contributed by atoms with Crippen molar-refractivity contribution in [2.24, 2.45) is 7.05 Å². The van der Waals surface area contributed by atoms with Crippen molar-refractivity contribution in [2.75, 3.05) is 0 Å². The molecule has 0 spiro atoms. The van der Waals surface area contributed by atoms with E-state index < -0.39 is 17.7 Å². The number of hydrazine groups is 1. The van der Waals surface area contributed by atoms with Gasteiger partial charge in [-0.15, -0.1) is 5.92 Å². The first kappa shape index (κ1) is 17.3. The summed E-state index contributed by atoms with van der Waals surface area (Å²) >= 11 is 12.5. The highest BCUT2D eigenvalue weighted by Crippen LogP contribution is 2.36. The minimum atomic E-state index is -1.09. The van der Waals surface area contributed by atoms with E-state index in [-0.39, 0.29) is 22.2 Å². The average Bonchev–Trinajstić information content (AvgIpc) is 3.05. The summed E-state index contributed by atoms with van der Waals surface area (Å²) in [5.41, 5.74) is 4.12. The number of hydrogen-bond donors (Lipinski definition) is 1. The molecule has 25 heavy (non-hydrogen) atoms. The molecule has 1 aromatic heterocycles. The van der Waals surface area contributed by atoms with Gasteiger partial charge in [0.25, 0.3) is 11.8 Å². The van der Waals surface area contributed by atoms with Crippen LogP contribution in [0, 0.1) is 11.8 Å². The minimum absolute atomic E-state index is 0.163. The fourth-order valence-electron chi connectivity index (χ4n) is 2.68. The first-order chi connectivity index (χ1) is 11.9. The van der Waals surface area contributed by atoms with E-state index >= 15 is 0 Å². The van der Waals surface area contributed by atoms with Crippen molar-refractivity contribution < 1.29 is 9.59 Å². The van der Waals surface area contributed by atoms with Crippen LogP contribution in [0.1, 0.15) is 29.7 Å². The van der Waals surface area contributed by atoms with Crippen LogP contribution in [-0.4, -0.2) is 26.6 Å². The van der Waals surface area contributed by atoms with Crippen LogP contribution in [0.15, 0.2) is 24.4 Å². The molecule has 1 atom stereocenters. The van der Waals surface area contributed by atoms with Gasteiger partial charge >= 0.3 is 0 Å². The Balaban J connectivity index is 1.91. The summed E-state index contributed by atoms with van der Waals surface area (Å²) < 4.78 is 1.62. The molecule has 0 saturated carbocycles. The van der Waals surface area contributed by atoms with E-state index in [1.54, 1.807) is 43.0 Å². The highest BCUT2D eigenvalue weighted by molar-refractivity contribution is 6.37. The van der Waals surface area contributed by atoms with Gasteiger partial charge in [0.2, 0.25) is 0 Å². The molecular weight excluding hydrogens is 363 g/mol. The third-order valence-electron chi connectivity index (χ3n) is 3.75. The number of rotatable bonds is 3. The number of amides is 2. The minimum Gasteiger partial charge on any atom is -0.275 e. The van der Waals surface area contributed by atoms with E-state index in [4.69, 9.17) is 23.2 Å². The van der Waals surface area contributed by atoms with E-state index in [1.807, 2.05) is 0 Å². The molecule has 1 N–H and O–H groups in total. The number of halogens is 2. The Morgan fingerprint density at radius 1 is 1.28 bits per heavy atom. The van der Waals surface area contributed by atoms with E-state index in [1.165, 1.54) is 5.01 Å². The fourth-order valence-corrected chi connectivity index (χ4v) is 3.38. The van der Waals surface area contributed by atoms with Crippen LogP contribution in [0.4, 0.5) is 0 Å². The molecule has 6 nitrogen and oxygen atoms in total. The maximum absolute atomic E-state index is 12.7. The van der Waals surface area contributed by atoms with E-state index in [2.05, 4.69) is 22.4 Å². The fraction of sp³-hybridized carbons (Fsp3) is 0.235. The Morgan fingerprint density at radius 3 is 2.52 bits per heavy atom. The molecule has 3 rings (SSSR count). The topological polar surface area (TPSA) is 67.2 Å². The zero-order valence-corrected chi connectivity index (χ0v) is 15.0. The maximum Gasteiger partial charge on any atom is 0.258 e. The number of carbonyl (C=O) groups excluding carboxylic acids is 2. The quantitative estimate of drug-likeness (QED) is 0.659. The largest absolute Gasteiger partial charge is 0.275 e. The lowest BCUT2D eigenvalue weighted by molar-refractivity contribution is -0.131. The Morgan fingerprint density at radius 2 is 1.96 bits per heavy atom. The van der Waals surface area contributed by atoms with Crippen molar-refractivity contribution in [3.05, 3.63) is 51.3 Å². The Labute approximate surface area is 154 Å².